The van der Waals surface area contributed by atoms with Crippen LogP contribution in [0.1, 0.15) is 57.0 Å². The maximum absolute atomic E-state index is 13.9. The van der Waals surface area contributed by atoms with E-state index < -0.39 is 50.4 Å². The summed E-state index contributed by atoms with van der Waals surface area (Å²) in [5.41, 5.74) is 0.661. The molecule has 0 radical (unpaired) electrons. The summed E-state index contributed by atoms with van der Waals surface area (Å²) in [6, 6.07) is 12.3. The average Bonchev–Trinajstić information content (AvgIpc) is 3.71. The predicted molar refractivity (Wildman–Crippen MR) is 194 cm³/mol. The Hall–Kier alpha value is -4.70. The summed E-state index contributed by atoms with van der Waals surface area (Å²) in [4.78, 5) is 42.7. The third kappa shape index (κ3) is 8.59. The van der Waals surface area contributed by atoms with Crippen molar-refractivity contribution in [2.75, 3.05) is 13.1 Å². The van der Waals surface area contributed by atoms with Gasteiger partial charge in [0.05, 0.1) is 31.7 Å². The second kappa shape index (κ2) is 15.3. The molecule has 3 aromatic heterocycles. The lowest BCUT2D eigenvalue weighted by Crippen LogP contribution is -2.45. The van der Waals surface area contributed by atoms with Gasteiger partial charge in [0, 0.05) is 41.5 Å². The van der Waals surface area contributed by atoms with E-state index in [9.17, 15) is 36.0 Å². The minimum absolute atomic E-state index is 0.108. The third-order valence-electron chi connectivity index (χ3n) is 8.12. The molecule has 276 valence electrons. The fourth-order valence-corrected chi connectivity index (χ4v) is 8.28. The minimum Gasteiger partial charge on any atom is -0.310 e. The Kier molecular flexibility index (Phi) is 11.0. The van der Waals surface area contributed by atoms with E-state index in [0.717, 1.165) is 42.7 Å². The molecule has 0 bridgehead atoms. The lowest BCUT2D eigenvalue weighted by Gasteiger charge is -2.26. The second-order valence-corrected chi connectivity index (χ2v) is 15.5. The number of halogens is 5. The van der Waals surface area contributed by atoms with Gasteiger partial charge < -0.3 is 4.98 Å². The Bertz CT molecular complexity index is 2490. The number of hydrogen-bond acceptors (Lipinski definition) is 8. The molecular formula is C34H28Cl2F3N7O5S2. The van der Waals surface area contributed by atoms with Gasteiger partial charge in [0.1, 0.15) is 0 Å². The number of nitrogens with zero attached hydrogens (tertiary/aromatic N) is 3. The van der Waals surface area contributed by atoms with Crippen LogP contribution in [0.25, 0.3) is 16.3 Å². The number of carbonyl (C=O) groups is 1. The van der Waals surface area contributed by atoms with Gasteiger partial charge in [-0.3, -0.25) is 20.0 Å². The summed E-state index contributed by atoms with van der Waals surface area (Å²) in [6.45, 7) is 1.89. The zero-order valence-electron chi connectivity index (χ0n) is 27.5. The molecule has 1 amide bonds. The number of benzene rings is 2. The van der Waals surface area contributed by atoms with Gasteiger partial charge in [-0.1, -0.05) is 41.5 Å². The van der Waals surface area contributed by atoms with Gasteiger partial charge in [0.25, 0.3) is 11.5 Å². The van der Waals surface area contributed by atoms with Crippen LogP contribution >= 0.6 is 34.5 Å². The van der Waals surface area contributed by atoms with E-state index in [-0.39, 0.29) is 27.7 Å². The lowest BCUT2D eigenvalue weighted by molar-refractivity contribution is -0.137. The van der Waals surface area contributed by atoms with Crippen LogP contribution < -0.4 is 21.4 Å². The zero-order chi connectivity index (χ0) is 38.1. The normalized spacial score (nSPS) is 13.8. The van der Waals surface area contributed by atoms with Gasteiger partial charge >= 0.3 is 11.9 Å². The van der Waals surface area contributed by atoms with E-state index in [1.807, 2.05) is 4.98 Å². The van der Waals surface area contributed by atoms with Gasteiger partial charge in [0.2, 0.25) is 10.0 Å². The van der Waals surface area contributed by atoms with Crippen LogP contribution in [0.15, 0.2) is 69.1 Å². The molecule has 1 aliphatic rings. The molecule has 1 saturated heterocycles. The molecular weight excluding hydrogens is 778 g/mol. The number of H-pyrrole nitrogens is 2. The van der Waals surface area contributed by atoms with Crippen LogP contribution in [0.4, 0.5) is 13.2 Å². The molecule has 0 atom stereocenters. The van der Waals surface area contributed by atoms with Crippen molar-refractivity contribution >= 4 is 50.5 Å². The molecule has 5 aromatic rings. The van der Waals surface area contributed by atoms with Crippen molar-refractivity contribution in [3.8, 4) is 28.1 Å². The number of amides is 1. The van der Waals surface area contributed by atoms with Crippen molar-refractivity contribution < 1.29 is 26.4 Å². The number of aromatic amines is 2. The number of alkyl halides is 3. The Morgan fingerprint density at radius 2 is 1.72 bits per heavy atom. The number of aromatic nitrogens is 4. The Labute approximate surface area is 314 Å². The van der Waals surface area contributed by atoms with Crippen molar-refractivity contribution in [3.63, 3.8) is 0 Å². The van der Waals surface area contributed by atoms with Gasteiger partial charge in [-0.15, -0.1) is 11.3 Å². The van der Waals surface area contributed by atoms with E-state index >= 15 is 0 Å². The molecule has 0 unspecified atom stereocenters. The first-order chi connectivity index (χ1) is 25.1. The summed E-state index contributed by atoms with van der Waals surface area (Å²) in [5, 5.41) is 6.87. The number of hydrazine groups is 1. The van der Waals surface area contributed by atoms with Crippen molar-refractivity contribution in [1.29, 1.82) is 0 Å². The fraction of sp³-hybridized carbons (Fsp3) is 0.235. The van der Waals surface area contributed by atoms with E-state index in [2.05, 4.69) is 32.1 Å². The summed E-state index contributed by atoms with van der Waals surface area (Å²) in [6.07, 6.45) is -1.79. The maximum atomic E-state index is 13.9. The van der Waals surface area contributed by atoms with Gasteiger partial charge in [0.15, 0.2) is 10.6 Å². The van der Waals surface area contributed by atoms with E-state index in [1.165, 1.54) is 29.8 Å². The fourth-order valence-electron chi connectivity index (χ4n) is 5.64. The minimum atomic E-state index is -4.60. The smallest absolute Gasteiger partial charge is 0.310 e. The highest BCUT2D eigenvalue weighted by Gasteiger charge is 2.31. The van der Waals surface area contributed by atoms with Crippen LogP contribution in [-0.4, -0.2) is 52.2 Å². The first-order valence-electron chi connectivity index (χ1n) is 15.9. The molecule has 0 aliphatic carbocycles. The van der Waals surface area contributed by atoms with Crippen molar-refractivity contribution in [3.05, 3.63) is 118 Å². The second-order valence-electron chi connectivity index (χ2n) is 11.8. The number of piperidine rings is 1. The number of hydrogen-bond donors (Lipinski definition) is 4. The van der Waals surface area contributed by atoms with Crippen LogP contribution in [0.2, 0.25) is 10.0 Å². The Morgan fingerprint density at radius 3 is 2.38 bits per heavy atom. The van der Waals surface area contributed by atoms with E-state index in [0.29, 0.717) is 39.1 Å². The topological polar surface area (TPSA) is 162 Å². The summed E-state index contributed by atoms with van der Waals surface area (Å²) < 4.78 is 70.0. The number of rotatable bonds is 8. The van der Waals surface area contributed by atoms with Gasteiger partial charge in [-0.2, -0.15) is 18.3 Å². The maximum Gasteiger partial charge on any atom is 0.416 e. The Morgan fingerprint density at radius 1 is 1.00 bits per heavy atom. The number of thiophene rings is 1. The molecule has 53 heavy (non-hydrogen) atoms. The molecule has 19 heteroatoms. The molecule has 4 heterocycles. The molecule has 4 N–H and O–H groups in total. The van der Waals surface area contributed by atoms with Gasteiger partial charge in [-0.05, 0) is 74.4 Å². The number of nitrogens with one attached hydrogen (secondary N) is 4. The van der Waals surface area contributed by atoms with Crippen LogP contribution in [0.5, 0.6) is 0 Å². The quantitative estimate of drug-likeness (QED) is 0.148. The molecule has 2 aromatic carbocycles. The largest absolute Gasteiger partial charge is 0.416 e. The van der Waals surface area contributed by atoms with Crippen LogP contribution in [0.3, 0.4) is 0 Å². The summed E-state index contributed by atoms with van der Waals surface area (Å²) in [5.74, 6) is 5.14. The SMILES string of the molecule is Cc1[nH]c(=O)[nH]c(=O)c1S(=O)(=O)NCc1c(C(=O)NN2CCCCC2)nn(-c2ccc(Cl)cc2Cl)c1-c1ccc(C#Cc2ccc(C(F)(F)F)cc2)s1. The van der Waals surface area contributed by atoms with Crippen LogP contribution in [0, 0.1) is 18.8 Å². The first-order valence-corrected chi connectivity index (χ1v) is 18.9. The number of carbonyl (C=O) groups excluding carboxylic acids is 1. The highest BCUT2D eigenvalue weighted by molar-refractivity contribution is 7.89. The molecule has 0 saturated carbocycles. The van der Waals surface area contributed by atoms with Crippen LogP contribution in [-0.2, 0) is 22.7 Å². The monoisotopic (exact) mass is 805 g/mol. The summed E-state index contributed by atoms with van der Waals surface area (Å²) >= 11 is 14.0. The Balaban J connectivity index is 1.47. The molecule has 1 aliphatic heterocycles. The van der Waals surface area contributed by atoms with E-state index in [1.54, 1.807) is 29.3 Å². The first kappa shape index (κ1) is 38.0. The van der Waals surface area contributed by atoms with Crippen molar-refractivity contribution in [2.45, 2.75) is 43.8 Å². The van der Waals surface area contributed by atoms with Gasteiger partial charge in [-0.25, -0.2) is 27.6 Å². The highest BCUT2D eigenvalue weighted by Crippen LogP contribution is 2.37. The molecule has 0 spiro atoms. The highest BCUT2D eigenvalue weighted by atomic mass is 35.5. The lowest BCUT2D eigenvalue weighted by atomic mass is 10.1. The zero-order valence-corrected chi connectivity index (χ0v) is 30.7. The molecule has 12 nitrogen and oxygen atoms in total. The predicted octanol–water partition coefficient (Wildman–Crippen LogP) is 5.62. The average molecular weight is 807 g/mol. The van der Waals surface area contributed by atoms with E-state index in [4.69, 9.17) is 23.2 Å². The third-order valence-corrected chi connectivity index (χ3v) is 11.2. The van der Waals surface area contributed by atoms with Crippen molar-refractivity contribution in [2.24, 2.45) is 0 Å². The number of sulfonamides is 1. The van der Waals surface area contributed by atoms with Crippen molar-refractivity contribution in [1.82, 2.24) is 34.9 Å². The standard InChI is InChI=1S/C34H28Cl2F3N7O5S2/c1-19-30(32(48)42-33(49)41-19)53(50,51)40-18-24-28(31(47)44-45-15-3-2-4-16-45)43-46(26-13-10-22(35)17-25(26)36)29(24)27-14-12-23(52-27)11-7-20-5-8-21(9-6-20)34(37,38)39/h5-6,8-10,12-14,17,40H,2-4,15-16,18H2,1H3,(H,44,47)(H2,41,42,48,49). The molecule has 1 fully saturated rings. The summed E-state index contributed by atoms with van der Waals surface area (Å²) in [7, 11) is -4.60. The number of aryl methyl sites for hydroxylation is 1. The molecule has 6 rings (SSSR count).